The van der Waals surface area contributed by atoms with Crippen LogP contribution < -0.4 is 5.32 Å². The van der Waals surface area contributed by atoms with Gasteiger partial charge in [0.15, 0.2) is 0 Å². The lowest BCUT2D eigenvalue weighted by Crippen LogP contribution is -2.26. The van der Waals surface area contributed by atoms with Gasteiger partial charge in [-0.15, -0.1) is 0 Å². The summed E-state index contributed by atoms with van der Waals surface area (Å²) < 4.78 is 0. The Morgan fingerprint density at radius 1 is 0.963 bits per heavy atom. The molecule has 4 nitrogen and oxygen atoms in total. The summed E-state index contributed by atoms with van der Waals surface area (Å²) in [6.07, 6.45) is 5.44. The van der Waals surface area contributed by atoms with E-state index in [0.29, 0.717) is 12.1 Å². The normalized spacial score (nSPS) is 10.4. The molecule has 138 valence electrons. The molecule has 3 aromatic rings. The number of amides is 1. The number of pyridine rings is 1. The van der Waals surface area contributed by atoms with Crippen molar-refractivity contribution in [1.29, 1.82) is 0 Å². The molecule has 0 saturated carbocycles. The Labute approximate surface area is 160 Å². The zero-order valence-electron chi connectivity index (χ0n) is 15.6. The largest absolute Gasteiger partial charge is 0.384 e. The lowest BCUT2D eigenvalue weighted by molar-refractivity contribution is 0.0784. The van der Waals surface area contributed by atoms with Gasteiger partial charge in [-0.25, -0.2) is 0 Å². The highest BCUT2D eigenvalue weighted by molar-refractivity contribution is 5.94. The number of carbonyl (C=O) groups excluding carboxylic acids is 1. The summed E-state index contributed by atoms with van der Waals surface area (Å²) in [4.78, 5) is 18.6. The molecule has 0 fully saturated rings. The molecule has 4 heteroatoms. The van der Waals surface area contributed by atoms with E-state index in [4.69, 9.17) is 0 Å². The first-order chi connectivity index (χ1) is 13.2. The first-order valence-electron chi connectivity index (χ1n) is 9.24. The van der Waals surface area contributed by atoms with Gasteiger partial charge >= 0.3 is 0 Å². The summed E-state index contributed by atoms with van der Waals surface area (Å²) in [6, 6.07) is 22.3. The van der Waals surface area contributed by atoms with Crippen LogP contribution in [0.25, 0.3) is 0 Å². The molecular weight excluding hydrogens is 334 g/mol. The maximum atomic E-state index is 12.7. The molecule has 1 amide bonds. The Hall–Kier alpha value is -3.14. The lowest BCUT2D eigenvalue weighted by atomic mass is 10.1. The molecule has 0 spiro atoms. The molecule has 3 rings (SSSR count). The van der Waals surface area contributed by atoms with Crippen molar-refractivity contribution in [3.05, 3.63) is 95.8 Å². The standard InChI is InChI=1S/C23H25N3O/c1-26(18-20-11-6-3-7-12-20)23(27)21-15-22(17-24-16-21)25-14-8-13-19-9-4-2-5-10-19/h2-7,9-12,15-17,25H,8,13-14,18H2,1H3. The molecule has 1 aromatic heterocycles. The van der Waals surface area contributed by atoms with E-state index in [1.165, 1.54) is 5.56 Å². The fourth-order valence-electron chi connectivity index (χ4n) is 2.97. The van der Waals surface area contributed by atoms with E-state index < -0.39 is 0 Å². The highest BCUT2D eigenvalue weighted by Crippen LogP contribution is 2.13. The number of anilines is 1. The van der Waals surface area contributed by atoms with Crippen molar-refractivity contribution in [2.45, 2.75) is 19.4 Å². The SMILES string of the molecule is CN(Cc1ccccc1)C(=O)c1cncc(NCCCc2ccccc2)c1. The van der Waals surface area contributed by atoms with Gasteiger partial charge in [-0.1, -0.05) is 60.7 Å². The van der Waals surface area contributed by atoms with Crippen molar-refractivity contribution in [2.24, 2.45) is 0 Å². The molecule has 0 saturated heterocycles. The highest BCUT2D eigenvalue weighted by Gasteiger charge is 2.13. The van der Waals surface area contributed by atoms with Crippen LogP contribution in [0.4, 0.5) is 5.69 Å². The predicted octanol–water partition coefficient (Wildman–Crippen LogP) is 4.40. The molecule has 0 atom stereocenters. The van der Waals surface area contributed by atoms with Crippen LogP contribution in [0.1, 0.15) is 27.9 Å². The highest BCUT2D eigenvalue weighted by atomic mass is 16.2. The Morgan fingerprint density at radius 3 is 2.33 bits per heavy atom. The molecule has 0 unspecified atom stereocenters. The molecule has 27 heavy (non-hydrogen) atoms. The maximum absolute atomic E-state index is 12.7. The summed E-state index contributed by atoms with van der Waals surface area (Å²) in [5.74, 6) is -0.0284. The van der Waals surface area contributed by atoms with Crippen LogP contribution in [-0.4, -0.2) is 29.4 Å². The number of aromatic nitrogens is 1. The zero-order chi connectivity index (χ0) is 18.9. The Bertz CT molecular complexity index is 850. The monoisotopic (exact) mass is 359 g/mol. The van der Waals surface area contributed by atoms with Gasteiger partial charge in [0, 0.05) is 32.5 Å². The van der Waals surface area contributed by atoms with E-state index in [0.717, 1.165) is 30.6 Å². The maximum Gasteiger partial charge on any atom is 0.255 e. The molecule has 0 aliphatic carbocycles. The number of aryl methyl sites for hydroxylation is 1. The second kappa shape index (κ2) is 9.53. The molecule has 0 bridgehead atoms. The number of rotatable bonds is 8. The van der Waals surface area contributed by atoms with E-state index in [-0.39, 0.29) is 5.91 Å². The van der Waals surface area contributed by atoms with E-state index in [9.17, 15) is 4.79 Å². The summed E-state index contributed by atoms with van der Waals surface area (Å²) in [6.45, 7) is 1.42. The Kier molecular flexibility index (Phi) is 6.58. The van der Waals surface area contributed by atoms with Gasteiger partial charge in [-0.2, -0.15) is 0 Å². The predicted molar refractivity (Wildman–Crippen MR) is 110 cm³/mol. The van der Waals surface area contributed by atoms with Crippen molar-refractivity contribution in [2.75, 3.05) is 18.9 Å². The van der Waals surface area contributed by atoms with Crippen molar-refractivity contribution in [3.8, 4) is 0 Å². The van der Waals surface area contributed by atoms with Gasteiger partial charge in [0.1, 0.15) is 0 Å². The van der Waals surface area contributed by atoms with Crippen LogP contribution in [0.15, 0.2) is 79.1 Å². The first kappa shape index (κ1) is 18.6. The molecule has 0 aliphatic heterocycles. The van der Waals surface area contributed by atoms with Crippen LogP contribution >= 0.6 is 0 Å². The van der Waals surface area contributed by atoms with Crippen LogP contribution in [0.2, 0.25) is 0 Å². The van der Waals surface area contributed by atoms with Gasteiger partial charge in [0.2, 0.25) is 0 Å². The Morgan fingerprint density at radius 2 is 1.63 bits per heavy atom. The minimum absolute atomic E-state index is 0.0284. The average molecular weight is 359 g/mol. The summed E-state index contributed by atoms with van der Waals surface area (Å²) in [7, 11) is 1.81. The minimum Gasteiger partial charge on any atom is -0.384 e. The summed E-state index contributed by atoms with van der Waals surface area (Å²) in [5, 5.41) is 3.37. The van der Waals surface area contributed by atoms with Gasteiger partial charge < -0.3 is 10.2 Å². The zero-order valence-corrected chi connectivity index (χ0v) is 15.6. The third-order valence-corrected chi connectivity index (χ3v) is 4.41. The number of hydrogen-bond donors (Lipinski definition) is 1. The third-order valence-electron chi connectivity index (χ3n) is 4.41. The van der Waals surface area contributed by atoms with Crippen LogP contribution in [0, 0.1) is 0 Å². The summed E-state index contributed by atoms with van der Waals surface area (Å²) >= 11 is 0. The quantitative estimate of drug-likeness (QED) is 0.606. The van der Waals surface area contributed by atoms with Crippen LogP contribution in [0.3, 0.4) is 0 Å². The Balaban J connectivity index is 1.52. The third kappa shape index (κ3) is 5.68. The van der Waals surface area contributed by atoms with Crippen LogP contribution in [0.5, 0.6) is 0 Å². The van der Waals surface area contributed by atoms with E-state index >= 15 is 0 Å². The average Bonchev–Trinajstić information content (AvgIpc) is 2.72. The first-order valence-corrected chi connectivity index (χ1v) is 9.24. The van der Waals surface area contributed by atoms with E-state index in [1.807, 2.05) is 49.5 Å². The number of carbonyl (C=O) groups is 1. The second-order valence-corrected chi connectivity index (χ2v) is 6.63. The smallest absolute Gasteiger partial charge is 0.255 e. The summed E-state index contributed by atoms with van der Waals surface area (Å²) in [5.41, 5.74) is 3.92. The van der Waals surface area contributed by atoms with E-state index in [2.05, 4.69) is 34.6 Å². The molecule has 1 heterocycles. The number of nitrogens with zero attached hydrogens (tertiary/aromatic N) is 2. The van der Waals surface area contributed by atoms with Gasteiger partial charge in [-0.3, -0.25) is 9.78 Å². The minimum atomic E-state index is -0.0284. The number of nitrogens with one attached hydrogen (secondary N) is 1. The van der Waals surface area contributed by atoms with Gasteiger partial charge in [-0.05, 0) is 30.0 Å². The fraction of sp³-hybridized carbons (Fsp3) is 0.217. The van der Waals surface area contributed by atoms with Gasteiger partial charge in [0.05, 0.1) is 11.3 Å². The molecule has 2 aromatic carbocycles. The van der Waals surface area contributed by atoms with Crippen molar-refractivity contribution in [1.82, 2.24) is 9.88 Å². The van der Waals surface area contributed by atoms with Crippen molar-refractivity contribution < 1.29 is 4.79 Å². The van der Waals surface area contributed by atoms with Crippen molar-refractivity contribution in [3.63, 3.8) is 0 Å². The molecule has 1 N–H and O–H groups in total. The molecule has 0 radical (unpaired) electrons. The fourth-order valence-corrected chi connectivity index (χ4v) is 2.97. The number of hydrogen-bond acceptors (Lipinski definition) is 3. The van der Waals surface area contributed by atoms with Crippen molar-refractivity contribution >= 4 is 11.6 Å². The van der Waals surface area contributed by atoms with Crippen LogP contribution in [-0.2, 0) is 13.0 Å². The molecular formula is C23H25N3O. The topological polar surface area (TPSA) is 45.2 Å². The molecule has 0 aliphatic rings. The lowest BCUT2D eigenvalue weighted by Gasteiger charge is -2.17. The van der Waals surface area contributed by atoms with Gasteiger partial charge in [0.25, 0.3) is 5.91 Å². The van der Waals surface area contributed by atoms with E-state index in [1.54, 1.807) is 17.3 Å². The second-order valence-electron chi connectivity index (χ2n) is 6.63. The number of benzene rings is 2.